The Bertz CT molecular complexity index is 407. The molecule has 2 unspecified atom stereocenters. The van der Waals surface area contributed by atoms with Crippen molar-refractivity contribution in [1.29, 1.82) is 0 Å². The minimum atomic E-state index is -0.0486. The van der Waals surface area contributed by atoms with Gasteiger partial charge in [0.05, 0.1) is 0 Å². The number of pyridine rings is 1. The molecule has 1 aromatic heterocycles. The van der Waals surface area contributed by atoms with Crippen LogP contribution in [-0.4, -0.2) is 16.9 Å². The van der Waals surface area contributed by atoms with Crippen molar-refractivity contribution < 1.29 is 4.79 Å². The van der Waals surface area contributed by atoms with E-state index < -0.39 is 0 Å². The van der Waals surface area contributed by atoms with Crippen LogP contribution in [0.2, 0.25) is 0 Å². The number of carbonyl (C=O) groups excluding carboxylic acids is 1. The maximum atomic E-state index is 11.9. The Kier molecular flexibility index (Phi) is 3.58. The smallest absolute Gasteiger partial charge is 0.251 e. The largest absolute Gasteiger partial charge is 0.349 e. The van der Waals surface area contributed by atoms with E-state index in [0.29, 0.717) is 23.3 Å². The van der Waals surface area contributed by atoms with Gasteiger partial charge in [0.2, 0.25) is 0 Å². The SMILES string of the molecule is CCCC1CC1NC(=O)c1ccnc(NN)c1. The Morgan fingerprint density at radius 2 is 2.47 bits per heavy atom. The molecule has 1 fully saturated rings. The number of hydrogen-bond donors (Lipinski definition) is 3. The van der Waals surface area contributed by atoms with Crippen LogP contribution in [0.15, 0.2) is 18.3 Å². The average molecular weight is 234 g/mol. The lowest BCUT2D eigenvalue weighted by molar-refractivity contribution is 0.0949. The molecule has 2 atom stereocenters. The number of hydrogen-bond acceptors (Lipinski definition) is 4. The van der Waals surface area contributed by atoms with Crippen molar-refractivity contribution in [2.75, 3.05) is 5.43 Å². The molecular weight excluding hydrogens is 216 g/mol. The second-order valence-electron chi connectivity index (χ2n) is 4.44. The molecule has 0 aliphatic heterocycles. The summed E-state index contributed by atoms with van der Waals surface area (Å²) in [4.78, 5) is 15.9. The Balaban J connectivity index is 1.91. The van der Waals surface area contributed by atoms with Crippen molar-refractivity contribution in [3.8, 4) is 0 Å². The Morgan fingerprint density at radius 1 is 1.65 bits per heavy atom. The lowest BCUT2D eigenvalue weighted by Gasteiger charge is -2.05. The molecule has 0 saturated heterocycles. The summed E-state index contributed by atoms with van der Waals surface area (Å²) in [6.45, 7) is 2.17. The second kappa shape index (κ2) is 5.14. The number of nitrogens with zero attached hydrogens (tertiary/aromatic N) is 1. The van der Waals surface area contributed by atoms with Crippen molar-refractivity contribution in [2.24, 2.45) is 11.8 Å². The number of nitrogens with one attached hydrogen (secondary N) is 2. The highest BCUT2D eigenvalue weighted by molar-refractivity contribution is 5.95. The molecule has 1 heterocycles. The molecule has 1 saturated carbocycles. The van der Waals surface area contributed by atoms with Crippen LogP contribution in [0.4, 0.5) is 5.82 Å². The number of carbonyl (C=O) groups is 1. The quantitative estimate of drug-likeness (QED) is 0.529. The maximum absolute atomic E-state index is 11.9. The molecule has 0 spiro atoms. The second-order valence-corrected chi connectivity index (χ2v) is 4.44. The van der Waals surface area contributed by atoms with Gasteiger partial charge in [-0.25, -0.2) is 10.8 Å². The average Bonchev–Trinajstić information content (AvgIpc) is 3.08. The van der Waals surface area contributed by atoms with E-state index in [1.165, 1.54) is 12.8 Å². The van der Waals surface area contributed by atoms with Gasteiger partial charge < -0.3 is 10.7 Å². The fourth-order valence-electron chi connectivity index (χ4n) is 2.02. The van der Waals surface area contributed by atoms with Crippen LogP contribution < -0.4 is 16.6 Å². The summed E-state index contributed by atoms with van der Waals surface area (Å²) in [5.74, 6) is 6.36. The van der Waals surface area contributed by atoms with Gasteiger partial charge in [0.25, 0.3) is 5.91 Å². The fourth-order valence-corrected chi connectivity index (χ4v) is 2.02. The van der Waals surface area contributed by atoms with Crippen molar-refractivity contribution in [1.82, 2.24) is 10.3 Å². The molecule has 2 rings (SSSR count). The van der Waals surface area contributed by atoms with Crippen molar-refractivity contribution in [3.63, 3.8) is 0 Å². The highest BCUT2D eigenvalue weighted by atomic mass is 16.1. The third-order valence-electron chi connectivity index (χ3n) is 3.07. The van der Waals surface area contributed by atoms with Crippen LogP contribution in [-0.2, 0) is 0 Å². The molecule has 5 heteroatoms. The van der Waals surface area contributed by atoms with Crippen molar-refractivity contribution in [3.05, 3.63) is 23.9 Å². The van der Waals surface area contributed by atoms with Crippen LogP contribution in [0.25, 0.3) is 0 Å². The van der Waals surface area contributed by atoms with Gasteiger partial charge in [-0.2, -0.15) is 0 Å². The predicted molar refractivity (Wildman–Crippen MR) is 66.3 cm³/mol. The summed E-state index contributed by atoms with van der Waals surface area (Å²) in [6, 6.07) is 3.69. The van der Waals surface area contributed by atoms with E-state index in [-0.39, 0.29) is 5.91 Å². The van der Waals surface area contributed by atoms with Gasteiger partial charge in [-0.15, -0.1) is 0 Å². The van der Waals surface area contributed by atoms with Crippen LogP contribution in [0, 0.1) is 5.92 Å². The Hall–Kier alpha value is -1.62. The first-order chi connectivity index (χ1) is 8.24. The number of nitrogen functional groups attached to an aromatic ring is 1. The first-order valence-corrected chi connectivity index (χ1v) is 5.98. The molecule has 1 aliphatic rings. The summed E-state index contributed by atoms with van der Waals surface area (Å²) in [7, 11) is 0. The minimum absolute atomic E-state index is 0.0486. The summed E-state index contributed by atoms with van der Waals surface area (Å²) in [5.41, 5.74) is 3.02. The molecule has 4 N–H and O–H groups in total. The van der Waals surface area contributed by atoms with E-state index in [9.17, 15) is 4.79 Å². The molecule has 1 aliphatic carbocycles. The third-order valence-corrected chi connectivity index (χ3v) is 3.07. The van der Waals surface area contributed by atoms with Gasteiger partial charge in [-0.3, -0.25) is 4.79 Å². The van der Waals surface area contributed by atoms with E-state index in [4.69, 9.17) is 5.84 Å². The highest BCUT2D eigenvalue weighted by Crippen LogP contribution is 2.34. The van der Waals surface area contributed by atoms with Crippen LogP contribution >= 0.6 is 0 Å². The highest BCUT2D eigenvalue weighted by Gasteiger charge is 2.37. The number of amides is 1. The fraction of sp³-hybridized carbons (Fsp3) is 0.500. The van der Waals surface area contributed by atoms with E-state index in [1.807, 2.05) is 0 Å². The van der Waals surface area contributed by atoms with E-state index in [1.54, 1.807) is 18.3 Å². The van der Waals surface area contributed by atoms with Gasteiger partial charge in [0.15, 0.2) is 0 Å². The van der Waals surface area contributed by atoms with Gasteiger partial charge in [-0.1, -0.05) is 13.3 Å². The molecule has 0 radical (unpaired) electrons. The number of hydrazine groups is 1. The van der Waals surface area contributed by atoms with E-state index >= 15 is 0 Å². The zero-order valence-corrected chi connectivity index (χ0v) is 9.94. The Morgan fingerprint density at radius 3 is 3.18 bits per heavy atom. The summed E-state index contributed by atoms with van der Waals surface area (Å²) < 4.78 is 0. The molecule has 92 valence electrons. The topological polar surface area (TPSA) is 80.0 Å². The summed E-state index contributed by atoms with van der Waals surface area (Å²) in [5, 5.41) is 3.02. The van der Waals surface area contributed by atoms with Crippen LogP contribution in [0.5, 0.6) is 0 Å². The summed E-state index contributed by atoms with van der Waals surface area (Å²) in [6.07, 6.45) is 5.04. The predicted octanol–water partition coefficient (Wildman–Crippen LogP) is 1.29. The van der Waals surface area contributed by atoms with Gasteiger partial charge in [-0.05, 0) is 30.9 Å². The standard InChI is InChI=1S/C12H18N4O/c1-2-3-8-6-10(8)15-12(17)9-4-5-14-11(7-9)16-13/h4-5,7-8,10H,2-3,6,13H2,1H3,(H,14,16)(H,15,17). The lowest BCUT2D eigenvalue weighted by atomic mass is 10.2. The summed E-state index contributed by atoms with van der Waals surface area (Å²) >= 11 is 0. The Labute approximate surface area is 101 Å². The van der Waals surface area contributed by atoms with Crippen molar-refractivity contribution in [2.45, 2.75) is 32.2 Å². The molecule has 17 heavy (non-hydrogen) atoms. The lowest BCUT2D eigenvalue weighted by Crippen LogP contribution is -2.27. The van der Waals surface area contributed by atoms with Gasteiger partial charge >= 0.3 is 0 Å². The van der Waals surface area contributed by atoms with E-state index in [2.05, 4.69) is 22.7 Å². The van der Waals surface area contributed by atoms with E-state index in [0.717, 1.165) is 6.42 Å². The number of anilines is 1. The van der Waals surface area contributed by atoms with Crippen LogP contribution in [0.1, 0.15) is 36.5 Å². The molecular formula is C12H18N4O. The zero-order chi connectivity index (χ0) is 12.3. The first-order valence-electron chi connectivity index (χ1n) is 5.98. The number of rotatable bonds is 5. The number of nitrogens with two attached hydrogens (primary N) is 1. The van der Waals surface area contributed by atoms with Gasteiger partial charge in [0, 0.05) is 17.8 Å². The molecule has 0 bridgehead atoms. The minimum Gasteiger partial charge on any atom is -0.349 e. The molecule has 5 nitrogen and oxygen atoms in total. The van der Waals surface area contributed by atoms with Crippen molar-refractivity contribution >= 4 is 11.7 Å². The molecule has 1 aromatic rings. The normalized spacial score (nSPS) is 22.0. The maximum Gasteiger partial charge on any atom is 0.251 e. The third kappa shape index (κ3) is 2.94. The van der Waals surface area contributed by atoms with Gasteiger partial charge in [0.1, 0.15) is 5.82 Å². The first kappa shape index (κ1) is 11.9. The van der Waals surface area contributed by atoms with Crippen LogP contribution in [0.3, 0.4) is 0 Å². The molecule has 1 amide bonds. The monoisotopic (exact) mass is 234 g/mol. The zero-order valence-electron chi connectivity index (χ0n) is 9.94. The molecule has 0 aromatic carbocycles. The number of aromatic nitrogens is 1.